The average Bonchev–Trinajstić information content (AvgIpc) is 3.41. The summed E-state index contributed by atoms with van der Waals surface area (Å²) in [5.74, 6) is -0.826. The molecule has 6 nitrogen and oxygen atoms in total. The van der Waals surface area contributed by atoms with Gasteiger partial charge in [0.15, 0.2) is 0 Å². The third-order valence-electron chi connectivity index (χ3n) is 9.23. The maximum absolute atomic E-state index is 11.2. The number of methoxy groups -OCH3 is 2. The molecule has 0 atom stereocenters. The van der Waals surface area contributed by atoms with Gasteiger partial charge in [0.05, 0.1) is 30.4 Å². The first-order chi connectivity index (χ1) is 33.8. The number of rotatable bonds is 11. The molecule has 0 spiro atoms. The minimum atomic E-state index is -0.469. The summed E-state index contributed by atoms with van der Waals surface area (Å²) in [6, 6.07) is 68.0. The Kier molecular flexibility index (Phi) is 29.7. The fourth-order valence-corrected chi connectivity index (χ4v) is 10.8. The van der Waals surface area contributed by atoms with Crippen molar-refractivity contribution in [2.45, 2.75) is 19.8 Å². The zero-order valence-electron chi connectivity index (χ0n) is 38.6. The van der Waals surface area contributed by atoms with Crippen LogP contribution in [0, 0.1) is 0 Å². The van der Waals surface area contributed by atoms with E-state index in [1.54, 1.807) is 18.3 Å². The summed E-state index contributed by atoms with van der Waals surface area (Å²) < 4.78 is 9.06. The molecule has 0 unspecified atom stereocenters. The van der Waals surface area contributed by atoms with Crippen LogP contribution in [0.15, 0.2) is 244 Å². The molecule has 8 rings (SSSR count). The minimum Gasteiger partial charge on any atom is -0.0622 e. The SMILES string of the molecule is C=CCC.C=CCc1ccncc1C(=O)OC.COC(=O)c1cnccc1Cl.[Cl][Pd][Cl].c1ccc(P(c2ccccc2)c2ccccc2)cc1.c1ccc(P(c2ccccc2)c2ccccc2)cc1. The van der Waals surface area contributed by atoms with Gasteiger partial charge >= 0.3 is 46.9 Å². The molecule has 2 aromatic heterocycles. The molecular formula is C57H55Cl3N2O4P2Pd. The molecule has 0 aliphatic heterocycles. The second-order valence-electron chi connectivity index (χ2n) is 13.8. The van der Waals surface area contributed by atoms with Gasteiger partial charge in [-0.15, -0.1) is 13.2 Å². The largest absolute Gasteiger partial charge is 0.0622 e. The number of aromatic nitrogens is 2. The first-order valence-electron chi connectivity index (χ1n) is 21.4. The van der Waals surface area contributed by atoms with Crippen molar-refractivity contribution in [3.63, 3.8) is 0 Å². The molecule has 0 N–H and O–H groups in total. The smallest absolute Gasteiger partial charge is 0.0134 e. The third-order valence-corrected chi connectivity index (χ3v) is 14.4. The van der Waals surface area contributed by atoms with Crippen molar-refractivity contribution in [1.29, 1.82) is 0 Å². The number of hydrogen-bond donors (Lipinski definition) is 0. The number of benzene rings is 6. The van der Waals surface area contributed by atoms with Gasteiger partial charge in [0, 0.05) is 24.8 Å². The van der Waals surface area contributed by atoms with E-state index in [2.05, 4.69) is 222 Å². The number of ether oxygens (including phenoxy) is 2. The Morgan fingerprint density at radius 1 is 0.507 bits per heavy atom. The number of hydrogen-bond acceptors (Lipinski definition) is 6. The Balaban J connectivity index is 0.000000238. The fourth-order valence-electron chi connectivity index (χ4n) is 6.04. The van der Waals surface area contributed by atoms with Crippen LogP contribution in [0.4, 0.5) is 0 Å². The molecule has 2 heterocycles. The van der Waals surface area contributed by atoms with Crippen LogP contribution < -0.4 is 31.8 Å². The number of carbonyl (C=O) groups excluding carboxylic acids is 2. The summed E-state index contributed by atoms with van der Waals surface area (Å²) in [4.78, 5) is 29.7. The molecule has 0 saturated heterocycles. The minimum absolute atomic E-state index is 0.106. The molecule has 6 aromatic carbocycles. The second kappa shape index (κ2) is 35.5. The predicted octanol–water partition coefficient (Wildman–Crippen LogP) is 13.0. The molecule has 0 aliphatic rings. The van der Waals surface area contributed by atoms with Crippen LogP contribution >= 0.6 is 46.5 Å². The van der Waals surface area contributed by atoms with E-state index in [0.29, 0.717) is 17.0 Å². The molecule has 0 radical (unpaired) electrons. The van der Waals surface area contributed by atoms with Gasteiger partial charge in [-0.2, -0.15) is 0 Å². The Morgan fingerprint density at radius 2 is 0.783 bits per heavy atom. The zero-order chi connectivity index (χ0) is 49.9. The van der Waals surface area contributed by atoms with Crippen molar-refractivity contribution in [2.75, 3.05) is 14.2 Å². The van der Waals surface area contributed by atoms with Gasteiger partial charge in [0.1, 0.15) is 0 Å². The predicted molar refractivity (Wildman–Crippen MR) is 293 cm³/mol. The fraction of sp³-hybridized carbons (Fsp3) is 0.0877. The number of carbonyl (C=O) groups is 2. The standard InChI is InChI=1S/2C18H15P.C10H11NO2.C7H6ClNO2.C4H8.2ClH.Pd/c2*1-4-10-16(11-5-1)19(17-12-6-2-7-13-17)18-14-8-3-9-15-18;1-3-4-8-5-6-11-7-9(8)10(12)13-2;1-11-7(10)5-4-9-3-2-6(5)8;1-3-4-2;;;/h2*1-15H;3,5-7H,1,4H2,2H3;2-4H,1H3;3H,1,4H2,2H3;2*1H;/q;;;;;;;+2/p-2. The van der Waals surface area contributed by atoms with Gasteiger partial charge in [-0.1, -0.05) is 213 Å². The number of esters is 2. The van der Waals surface area contributed by atoms with Gasteiger partial charge in [0.2, 0.25) is 0 Å². The topological polar surface area (TPSA) is 78.4 Å². The van der Waals surface area contributed by atoms with Crippen molar-refractivity contribution in [3.05, 3.63) is 266 Å². The van der Waals surface area contributed by atoms with Gasteiger partial charge in [-0.3, -0.25) is 9.97 Å². The van der Waals surface area contributed by atoms with E-state index in [1.165, 1.54) is 70.7 Å². The van der Waals surface area contributed by atoms with Crippen LogP contribution in [-0.4, -0.2) is 36.1 Å². The summed E-state index contributed by atoms with van der Waals surface area (Å²) >= 11 is 5.55. The molecular weight excluding hydrogens is 1050 g/mol. The number of allylic oxidation sites excluding steroid dienone is 2. The van der Waals surface area contributed by atoms with Crippen LogP contribution in [0.25, 0.3) is 0 Å². The van der Waals surface area contributed by atoms with Crippen LogP contribution in [-0.2, 0) is 31.8 Å². The van der Waals surface area contributed by atoms with Gasteiger partial charge < -0.3 is 9.47 Å². The molecule has 358 valence electrons. The van der Waals surface area contributed by atoms with E-state index in [1.807, 2.05) is 6.08 Å². The van der Waals surface area contributed by atoms with Crippen LogP contribution in [0.1, 0.15) is 39.6 Å². The zero-order valence-corrected chi connectivity index (χ0v) is 44.3. The first kappa shape index (κ1) is 57.7. The monoisotopic (exact) mass is 1100 g/mol. The van der Waals surface area contributed by atoms with E-state index in [9.17, 15) is 9.59 Å². The number of pyridine rings is 2. The number of nitrogens with zero attached hydrogens (tertiary/aromatic N) is 2. The Bertz CT molecular complexity index is 2340. The average molecular weight is 1110 g/mol. The normalized spacial score (nSPS) is 9.74. The first-order valence-corrected chi connectivity index (χ1v) is 28.5. The molecule has 0 amide bonds. The molecule has 69 heavy (non-hydrogen) atoms. The van der Waals surface area contributed by atoms with Crippen molar-refractivity contribution < 1.29 is 35.0 Å². The molecule has 12 heteroatoms. The molecule has 0 bridgehead atoms. The maximum Gasteiger partial charge on any atom is -0.0134 e. The van der Waals surface area contributed by atoms with Crippen molar-refractivity contribution in [2.24, 2.45) is 0 Å². The Morgan fingerprint density at radius 3 is 1.04 bits per heavy atom. The summed E-state index contributed by atoms with van der Waals surface area (Å²) in [6.07, 6.45) is 11.4. The van der Waals surface area contributed by atoms with Crippen LogP contribution in [0.2, 0.25) is 5.02 Å². The van der Waals surface area contributed by atoms with Gasteiger partial charge in [0.25, 0.3) is 0 Å². The second-order valence-corrected chi connectivity index (χ2v) is 21.0. The summed E-state index contributed by atoms with van der Waals surface area (Å²) in [7, 11) is 11.4. The summed E-state index contributed by atoms with van der Waals surface area (Å²) in [6.45, 7) is 9.15. The van der Waals surface area contributed by atoms with E-state index >= 15 is 0 Å². The quantitative estimate of drug-likeness (QED) is 0.0556. The number of halogens is 3. The molecule has 0 aliphatic carbocycles. The van der Waals surface area contributed by atoms with E-state index in [0.717, 1.165) is 12.0 Å². The van der Waals surface area contributed by atoms with Crippen molar-refractivity contribution >= 4 is 90.3 Å². The Hall–Kier alpha value is -5.57. The van der Waals surface area contributed by atoms with E-state index in [4.69, 9.17) is 30.7 Å². The molecule has 8 aromatic rings. The van der Waals surface area contributed by atoms with Gasteiger partial charge in [-0.25, -0.2) is 9.59 Å². The maximum atomic E-state index is 11.2. The van der Waals surface area contributed by atoms with E-state index in [-0.39, 0.29) is 27.5 Å². The molecule has 0 fully saturated rings. The van der Waals surface area contributed by atoms with Crippen molar-refractivity contribution in [3.8, 4) is 0 Å². The van der Waals surface area contributed by atoms with Crippen molar-refractivity contribution in [1.82, 2.24) is 9.97 Å². The Labute approximate surface area is 432 Å². The summed E-state index contributed by atoms with van der Waals surface area (Å²) in [5.41, 5.74) is 1.68. The van der Waals surface area contributed by atoms with Crippen LogP contribution in [0.3, 0.4) is 0 Å². The molecule has 0 saturated carbocycles. The van der Waals surface area contributed by atoms with E-state index < -0.39 is 21.8 Å². The van der Waals surface area contributed by atoms with Gasteiger partial charge in [-0.05, 0) is 78.2 Å². The summed E-state index contributed by atoms with van der Waals surface area (Å²) in [5, 5.41) is 8.74. The third kappa shape index (κ3) is 20.9. The van der Waals surface area contributed by atoms with Crippen LogP contribution in [0.5, 0.6) is 0 Å².